The molecule has 2 aromatic rings. The molecule has 2 aromatic carbocycles. The van der Waals surface area contributed by atoms with Gasteiger partial charge in [0.25, 0.3) is 0 Å². The van der Waals surface area contributed by atoms with Crippen molar-refractivity contribution in [2.45, 2.75) is 82.8 Å². The highest BCUT2D eigenvalue weighted by atomic mass is 19.4. The van der Waals surface area contributed by atoms with Crippen molar-refractivity contribution in [2.75, 3.05) is 4.90 Å². The van der Waals surface area contributed by atoms with Crippen molar-refractivity contribution < 1.29 is 49.0 Å². The maximum absolute atomic E-state index is 13.6. The van der Waals surface area contributed by atoms with Crippen LogP contribution in [0.25, 0.3) is 0 Å². The fraction of sp³-hybridized carbons (Fsp3) is 0.519. The van der Waals surface area contributed by atoms with Gasteiger partial charge in [-0.25, -0.2) is 4.79 Å². The van der Waals surface area contributed by atoms with E-state index in [-0.39, 0.29) is 35.2 Å². The lowest BCUT2D eigenvalue weighted by Gasteiger charge is -2.42. The van der Waals surface area contributed by atoms with Crippen LogP contribution in [0.3, 0.4) is 0 Å². The Hall–Kier alpha value is -2.96. The summed E-state index contributed by atoms with van der Waals surface area (Å²) < 4.78 is 126. The second kappa shape index (κ2) is 10.1. The number of carbonyl (C=O) groups excluding carboxylic acids is 1. The molecule has 4 rings (SSSR count). The highest BCUT2D eigenvalue weighted by Crippen LogP contribution is 2.48. The number of benzene rings is 2. The highest BCUT2D eigenvalue weighted by molar-refractivity contribution is 5.90. The largest absolute Gasteiger partial charge is 0.443 e. The van der Waals surface area contributed by atoms with Crippen LogP contribution in [0.4, 0.5) is 50.0 Å². The predicted molar refractivity (Wildman–Crippen MR) is 127 cm³/mol. The zero-order valence-electron chi connectivity index (χ0n) is 21.7. The Morgan fingerprint density at radius 3 is 1.88 bits per heavy atom. The summed E-state index contributed by atoms with van der Waals surface area (Å²) in [6.45, 7) is 4.44. The number of amides is 1. The maximum atomic E-state index is 13.6. The molecule has 0 radical (unpaired) electrons. The summed E-state index contributed by atoms with van der Waals surface area (Å²) in [6, 6.07) is 2.58. The van der Waals surface area contributed by atoms with Gasteiger partial charge in [-0.2, -0.15) is 39.5 Å². The smallest absolute Gasteiger partial charge is 0.416 e. The Balaban J connectivity index is 1.73. The zero-order chi connectivity index (χ0) is 29.8. The minimum atomic E-state index is -5.04. The van der Waals surface area contributed by atoms with Crippen molar-refractivity contribution in [3.63, 3.8) is 0 Å². The molecule has 2 atom stereocenters. The first-order chi connectivity index (χ1) is 18.2. The van der Waals surface area contributed by atoms with Crippen molar-refractivity contribution in [1.29, 1.82) is 0 Å². The van der Waals surface area contributed by atoms with E-state index < -0.39 is 65.5 Å². The number of halogens is 9. The van der Waals surface area contributed by atoms with E-state index in [2.05, 4.69) is 5.32 Å². The molecule has 1 fully saturated rings. The lowest BCUT2D eigenvalue weighted by Crippen LogP contribution is -2.49. The molecule has 1 aliphatic heterocycles. The number of hydrogen-bond acceptors (Lipinski definition) is 3. The Morgan fingerprint density at radius 2 is 1.40 bits per heavy atom. The SMILES string of the molecule is CC(C)(C)OC(=O)N1c2ccc(C(F)(F)F)cc2[C@@H](NCc2cc(C(F)(F)F)cc(C(F)(F)F)c2)C[C@H]1C1CC1. The third-order valence-electron chi connectivity index (χ3n) is 6.76. The molecule has 0 bridgehead atoms. The lowest BCUT2D eigenvalue weighted by atomic mass is 9.87. The number of hydrogen-bond donors (Lipinski definition) is 1. The normalized spacial score (nSPS) is 20.4. The van der Waals surface area contributed by atoms with E-state index in [1.165, 1.54) is 4.90 Å². The number of rotatable bonds is 4. The van der Waals surface area contributed by atoms with Crippen molar-refractivity contribution in [1.82, 2.24) is 5.32 Å². The minimum Gasteiger partial charge on any atom is -0.443 e. The summed E-state index contributed by atoms with van der Waals surface area (Å²) in [6.07, 6.45) is -14.0. The average Bonchev–Trinajstić information content (AvgIpc) is 3.64. The van der Waals surface area contributed by atoms with Crippen LogP contribution in [0.15, 0.2) is 36.4 Å². The number of carbonyl (C=O) groups is 1. The molecule has 220 valence electrons. The molecule has 0 spiro atoms. The summed E-state index contributed by atoms with van der Waals surface area (Å²) in [5.74, 6) is 0.0117. The van der Waals surface area contributed by atoms with Crippen molar-refractivity contribution in [3.05, 3.63) is 64.2 Å². The molecule has 0 aromatic heterocycles. The van der Waals surface area contributed by atoms with Gasteiger partial charge in [-0.3, -0.25) is 4.90 Å². The molecule has 4 nitrogen and oxygen atoms in total. The van der Waals surface area contributed by atoms with Crippen molar-refractivity contribution in [3.8, 4) is 0 Å². The molecular weight excluding hydrogens is 555 g/mol. The van der Waals surface area contributed by atoms with Crippen LogP contribution < -0.4 is 10.2 Å². The van der Waals surface area contributed by atoms with Gasteiger partial charge in [0.1, 0.15) is 5.60 Å². The standard InChI is InChI=1S/C27H27F9N2O2/c1-24(2,3)40-23(39)38-21-7-6-16(25(28,29)30)11-19(21)20(12-22(38)15-4-5-15)37-13-14-8-17(26(31,32)33)10-18(9-14)27(34,35)36/h6-11,15,20,22,37H,4-5,12-13H2,1-3H3/t20-,22-/m0/s1. The quantitative estimate of drug-likeness (QED) is 0.368. The van der Waals surface area contributed by atoms with E-state index >= 15 is 0 Å². The van der Waals surface area contributed by atoms with Gasteiger partial charge < -0.3 is 10.1 Å². The second-order valence-electron chi connectivity index (χ2n) is 11.1. The molecule has 13 heteroatoms. The number of anilines is 1. The van der Waals surface area contributed by atoms with Gasteiger partial charge in [-0.05, 0) is 93.5 Å². The molecule has 1 heterocycles. The monoisotopic (exact) mass is 582 g/mol. The fourth-order valence-electron chi connectivity index (χ4n) is 4.87. The van der Waals surface area contributed by atoms with Gasteiger partial charge in [0.15, 0.2) is 0 Å². The van der Waals surface area contributed by atoms with Crippen LogP contribution in [0, 0.1) is 5.92 Å². The molecule has 0 saturated heterocycles. The molecule has 1 N–H and O–H groups in total. The van der Waals surface area contributed by atoms with E-state index in [9.17, 15) is 44.3 Å². The summed E-state index contributed by atoms with van der Waals surface area (Å²) in [5, 5.41) is 2.87. The van der Waals surface area contributed by atoms with E-state index in [0.717, 1.165) is 31.0 Å². The Kier molecular flexibility index (Phi) is 7.61. The first kappa shape index (κ1) is 30.0. The van der Waals surface area contributed by atoms with E-state index in [1.54, 1.807) is 20.8 Å². The van der Waals surface area contributed by atoms with Crippen LogP contribution in [-0.4, -0.2) is 17.7 Å². The number of ether oxygens (including phenoxy) is 1. The number of nitrogens with zero attached hydrogens (tertiary/aromatic N) is 1. The van der Waals surface area contributed by atoms with Gasteiger partial charge in [0, 0.05) is 18.6 Å². The molecule has 1 saturated carbocycles. The van der Waals surface area contributed by atoms with Crippen LogP contribution in [-0.2, 0) is 29.8 Å². The molecule has 0 unspecified atom stereocenters. The van der Waals surface area contributed by atoms with Crippen LogP contribution in [0.1, 0.15) is 73.9 Å². The molecule has 1 amide bonds. The molecule has 1 aliphatic carbocycles. The molecule has 40 heavy (non-hydrogen) atoms. The topological polar surface area (TPSA) is 41.6 Å². The first-order valence-electron chi connectivity index (χ1n) is 12.5. The first-order valence-corrected chi connectivity index (χ1v) is 12.5. The third kappa shape index (κ3) is 6.84. The fourth-order valence-corrected chi connectivity index (χ4v) is 4.87. The van der Waals surface area contributed by atoms with Gasteiger partial charge >= 0.3 is 24.6 Å². The maximum Gasteiger partial charge on any atom is 0.416 e. The Labute approximate surface area is 224 Å². The lowest BCUT2D eigenvalue weighted by molar-refractivity contribution is -0.143. The zero-order valence-corrected chi connectivity index (χ0v) is 21.7. The molecule has 2 aliphatic rings. The van der Waals surface area contributed by atoms with Gasteiger partial charge in [0.2, 0.25) is 0 Å². The van der Waals surface area contributed by atoms with E-state index in [4.69, 9.17) is 4.74 Å². The van der Waals surface area contributed by atoms with Crippen molar-refractivity contribution >= 4 is 11.8 Å². The van der Waals surface area contributed by atoms with Gasteiger partial charge in [-0.15, -0.1) is 0 Å². The van der Waals surface area contributed by atoms with Gasteiger partial charge in [-0.1, -0.05) is 0 Å². The second-order valence-corrected chi connectivity index (χ2v) is 11.1. The van der Waals surface area contributed by atoms with E-state index in [0.29, 0.717) is 12.1 Å². The third-order valence-corrected chi connectivity index (χ3v) is 6.76. The Bertz CT molecular complexity index is 1230. The average molecular weight is 583 g/mol. The summed E-state index contributed by atoms with van der Waals surface area (Å²) in [4.78, 5) is 14.5. The van der Waals surface area contributed by atoms with Gasteiger partial charge in [0.05, 0.1) is 22.4 Å². The minimum absolute atomic E-state index is 0.0108. The Morgan fingerprint density at radius 1 is 0.850 bits per heavy atom. The van der Waals surface area contributed by atoms with E-state index in [1.807, 2.05) is 0 Å². The summed E-state index contributed by atoms with van der Waals surface area (Å²) in [7, 11) is 0. The highest BCUT2D eigenvalue weighted by Gasteiger charge is 2.46. The van der Waals surface area contributed by atoms with Crippen molar-refractivity contribution in [2.24, 2.45) is 5.92 Å². The van der Waals surface area contributed by atoms with Crippen LogP contribution in [0.5, 0.6) is 0 Å². The molecular formula is C27H27F9N2O2. The summed E-state index contributed by atoms with van der Waals surface area (Å²) in [5.41, 5.74) is -5.04. The predicted octanol–water partition coefficient (Wildman–Crippen LogP) is 8.50. The number of fused-ring (bicyclic) bond motifs is 1. The van der Waals surface area contributed by atoms with Crippen LogP contribution >= 0.6 is 0 Å². The summed E-state index contributed by atoms with van der Waals surface area (Å²) >= 11 is 0. The van der Waals surface area contributed by atoms with Crippen LogP contribution in [0.2, 0.25) is 0 Å². The number of nitrogens with one attached hydrogen (secondary N) is 1. The number of alkyl halides is 9.